The minimum atomic E-state index is 0.158. The Kier molecular flexibility index (Phi) is 3.82. The lowest BCUT2D eigenvalue weighted by Gasteiger charge is -2.02. The average molecular weight is 259 g/mol. The molecule has 3 heteroatoms. The molecule has 2 rings (SSSR count). The molecule has 0 saturated carbocycles. The number of rotatable bonds is 4. The van der Waals surface area contributed by atoms with Gasteiger partial charge in [0.25, 0.3) is 0 Å². The second-order valence-electron chi connectivity index (χ2n) is 4.33. The summed E-state index contributed by atoms with van der Waals surface area (Å²) in [6.07, 6.45) is 1.42. The highest BCUT2D eigenvalue weighted by Crippen LogP contribution is 2.38. The van der Waals surface area contributed by atoms with Gasteiger partial charge in [-0.2, -0.15) is 0 Å². The summed E-state index contributed by atoms with van der Waals surface area (Å²) in [5.74, 6) is 0.158. The monoisotopic (exact) mass is 259 g/mol. The first-order valence-corrected chi connectivity index (χ1v) is 6.94. The van der Waals surface area contributed by atoms with Crippen molar-refractivity contribution < 1.29 is 4.79 Å². The third-order valence-corrected chi connectivity index (χ3v) is 4.14. The summed E-state index contributed by atoms with van der Waals surface area (Å²) >= 11 is 1.51. The van der Waals surface area contributed by atoms with Gasteiger partial charge in [0.2, 0.25) is 0 Å². The molecule has 0 saturated heterocycles. The van der Waals surface area contributed by atoms with Gasteiger partial charge in [0.05, 0.1) is 10.6 Å². The molecular weight excluding hydrogens is 242 g/mol. The zero-order valence-corrected chi connectivity index (χ0v) is 11.5. The van der Waals surface area contributed by atoms with E-state index in [0.29, 0.717) is 11.4 Å². The highest BCUT2D eigenvalue weighted by atomic mass is 32.1. The van der Waals surface area contributed by atoms with Crippen LogP contribution in [0, 0.1) is 6.92 Å². The Hall–Kier alpha value is -1.61. The van der Waals surface area contributed by atoms with Crippen LogP contribution in [0.4, 0.5) is 5.00 Å². The number of Topliss-reactive ketones (excluding diaryl/α,β-unsaturated/α-hetero) is 1. The lowest BCUT2D eigenvalue weighted by atomic mass is 10.0. The van der Waals surface area contributed by atoms with E-state index in [0.717, 1.165) is 28.0 Å². The van der Waals surface area contributed by atoms with Crippen molar-refractivity contribution in [3.05, 3.63) is 41.5 Å². The van der Waals surface area contributed by atoms with Gasteiger partial charge in [-0.1, -0.05) is 37.3 Å². The van der Waals surface area contributed by atoms with E-state index >= 15 is 0 Å². The summed E-state index contributed by atoms with van der Waals surface area (Å²) in [5.41, 5.74) is 8.87. The van der Waals surface area contributed by atoms with Crippen LogP contribution in [0.25, 0.3) is 10.4 Å². The molecule has 2 aromatic rings. The molecule has 0 bridgehead atoms. The zero-order chi connectivity index (χ0) is 13.1. The third-order valence-electron chi connectivity index (χ3n) is 2.97. The molecule has 0 fully saturated rings. The Labute approximate surface area is 111 Å². The number of nitrogen functional groups attached to an aromatic ring is 1. The fraction of sp³-hybridized carbons (Fsp3) is 0.267. The van der Waals surface area contributed by atoms with Crippen molar-refractivity contribution >= 4 is 22.1 Å². The second-order valence-corrected chi connectivity index (χ2v) is 5.39. The minimum absolute atomic E-state index is 0.158. The van der Waals surface area contributed by atoms with Gasteiger partial charge in [0.15, 0.2) is 5.78 Å². The molecule has 0 unspecified atom stereocenters. The molecular formula is C15H17NOS. The summed E-state index contributed by atoms with van der Waals surface area (Å²) in [7, 11) is 0. The van der Waals surface area contributed by atoms with Crippen LogP contribution in [0.2, 0.25) is 0 Å². The first-order chi connectivity index (χ1) is 8.65. The molecule has 0 atom stereocenters. The number of thiophene rings is 1. The van der Waals surface area contributed by atoms with Gasteiger partial charge in [0, 0.05) is 11.3 Å². The first kappa shape index (κ1) is 12.8. The number of carbonyl (C=O) groups is 1. The molecule has 1 aromatic heterocycles. The van der Waals surface area contributed by atoms with E-state index in [1.165, 1.54) is 11.3 Å². The van der Waals surface area contributed by atoms with Gasteiger partial charge < -0.3 is 5.73 Å². The molecule has 1 heterocycles. The van der Waals surface area contributed by atoms with E-state index in [-0.39, 0.29) is 5.78 Å². The standard InChI is InChI=1S/C15H17NOS/c1-3-7-12(17)13-10(2)14(18-15(13)16)11-8-5-4-6-9-11/h4-6,8-9H,3,7,16H2,1-2H3. The number of ketones is 1. The van der Waals surface area contributed by atoms with Crippen LogP contribution in [-0.2, 0) is 0 Å². The molecule has 94 valence electrons. The molecule has 0 spiro atoms. The number of hydrogen-bond donors (Lipinski definition) is 1. The van der Waals surface area contributed by atoms with Crippen molar-refractivity contribution in [2.75, 3.05) is 5.73 Å². The van der Waals surface area contributed by atoms with Gasteiger partial charge in [-0.15, -0.1) is 11.3 Å². The molecule has 0 aliphatic rings. The van der Waals surface area contributed by atoms with Crippen LogP contribution in [0.3, 0.4) is 0 Å². The number of anilines is 1. The maximum absolute atomic E-state index is 12.1. The maximum Gasteiger partial charge on any atom is 0.166 e. The Bertz CT molecular complexity index is 557. The highest BCUT2D eigenvalue weighted by molar-refractivity contribution is 7.19. The molecule has 2 N–H and O–H groups in total. The van der Waals surface area contributed by atoms with Crippen LogP contribution < -0.4 is 5.73 Å². The van der Waals surface area contributed by atoms with Crippen molar-refractivity contribution in [1.82, 2.24) is 0 Å². The van der Waals surface area contributed by atoms with Crippen LogP contribution in [-0.4, -0.2) is 5.78 Å². The van der Waals surface area contributed by atoms with Gasteiger partial charge in [-0.25, -0.2) is 0 Å². The number of carbonyl (C=O) groups excluding carboxylic acids is 1. The average Bonchev–Trinajstić information content (AvgIpc) is 2.66. The van der Waals surface area contributed by atoms with E-state index in [2.05, 4.69) is 0 Å². The third kappa shape index (κ3) is 2.31. The number of nitrogens with two attached hydrogens (primary N) is 1. The van der Waals surface area contributed by atoms with E-state index in [9.17, 15) is 4.79 Å². The Balaban J connectivity index is 2.47. The molecule has 0 aliphatic carbocycles. The fourth-order valence-electron chi connectivity index (χ4n) is 2.10. The summed E-state index contributed by atoms with van der Waals surface area (Å²) < 4.78 is 0. The van der Waals surface area contributed by atoms with Gasteiger partial charge in [-0.05, 0) is 24.5 Å². The van der Waals surface area contributed by atoms with E-state index in [4.69, 9.17) is 5.73 Å². The highest BCUT2D eigenvalue weighted by Gasteiger charge is 2.19. The number of hydrogen-bond acceptors (Lipinski definition) is 3. The summed E-state index contributed by atoms with van der Waals surface area (Å²) in [6, 6.07) is 10.1. The zero-order valence-electron chi connectivity index (χ0n) is 10.7. The predicted octanol–water partition coefficient (Wildman–Crippen LogP) is 4.29. The summed E-state index contributed by atoms with van der Waals surface area (Å²) in [4.78, 5) is 13.2. The Morgan fingerprint density at radius 2 is 1.94 bits per heavy atom. The molecule has 0 amide bonds. The summed E-state index contributed by atoms with van der Waals surface area (Å²) in [6.45, 7) is 3.99. The lowest BCUT2D eigenvalue weighted by molar-refractivity contribution is 0.0982. The van der Waals surface area contributed by atoms with Crippen molar-refractivity contribution in [2.45, 2.75) is 26.7 Å². The minimum Gasteiger partial charge on any atom is -0.390 e. The van der Waals surface area contributed by atoms with Crippen LogP contribution >= 0.6 is 11.3 Å². The van der Waals surface area contributed by atoms with Crippen molar-refractivity contribution in [2.24, 2.45) is 0 Å². The first-order valence-electron chi connectivity index (χ1n) is 6.12. The smallest absolute Gasteiger partial charge is 0.166 e. The van der Waals surface area contributed by atoms with Crippen LogP contribution in [0.5, 0.6) is 0 Å². The van der Waals surface area contributed by atoms with Gasteiger partial charge in [-0.3, -0.25) is 4.79 Å². The van der Waals surface area contributed by atoms with Gasteiger partial charge in [0.1, 0.15) is 0 Å². The van der Waals surface area contributed by atoms with Crippen molar-refractivity contribution in [3.63, 3.8) is 0 Å². The van der Waals surface area contributed by atoms with Gasteiger partial charge >= 0.3 is 0 Å². The Morgan fingerprint density at radius 3 is 2.56 bits per heavy atom. The Morgan fingerprint density at radius 1 is 1.28 bits per heavy atom. The largest absolute Gasteiger partial charge is 0.390 e. The van der Waals surface area contributed by atoms with E-state index in [1.807, 2.05) is 44.2 Å². The molecule has 2 nitrogen and oxygen atoms in total. The second kappa shape index (κ2) is 5.36. The molecule has 18 heavy (non-hydrogen) atoms. The quantitative estimate of drug-likeness (QED) is 0.832. The topological polar surface area (TPSA) is 43.1 Å². The van der Waals surface area contributed by atoms with Crippen molar-refractivity contribution in [3.8, 4) is 10.4 Å². The maximum atomic E-state index is 12.1. The lowest BCUT2D eigenvalue weighted by Crippen LogP contribution is -2.02. The number of benzene rings is 1. The molecule has 1 aromatic carbocycles. The van der Waals surface area contributed by atoms with Crippen LogP contribution in [0.15, 0.2) is 30.3 Å². The summed E-state index contributed by atoms with van der Waals surface area (Å²) in [5, 5.41) is 0.643. The SMILES string of the molecule is CCCC(=O)c1c(N)sc(-c2ccccc2)c1C. The molecule has 0 radical (unpaired) electrons. The van der Waals surface area contributed by atoms with Crippen molar-refractivity contribution in [1.29, 1.82) is 0 Å². The predicted molar refractivity (Wildman–Crippen MR) is 78.1 cm³/mol. The van der Waals surface area contributed by atoms with E-state index < -0.39 is 0 Å². The fourth-order valence-corrected chi connectivity index (χ4v) is 3.20. The normalized spacial score (nSPS) is 10.6. The van der Waals surface area contributed by atoms with Crippen LogP contribution in [0.1, 0.15) is 35.7 Å². The van der Waals surface area contributed by atoms with E-state index in [1.54, 1.807) is 0 Å². The molecule has 0 aliphatic heterocycles.